The normalized spacial score (nSPS) is 15.0. The van der Waals surface area contributed by atoms with Gasteiger partial charge in [0.15, 0.2) is 5.65 Å². The minimum Gasteiger partial charge on any atom is -0.353 e. The van der Waals surface area contributed by atoms with Crippen molar-refractivity contribution in [1.29, 1.82) is 0 Å². The first-order valence-electron chi connectivity index (χ1n) is 13.2. The van der Waals surface area contributed by atoms with E-state index in [0.717, 1.165) is 45.9 Å². The van der Waals surface area contributed by atoms with Crippen LogP contribution in [0.5, 0.6) is 0 Å². The Bertz CT molecular complexity index is 1750. The fraction of sp³-hybridized carbons (Fsp3) is 0.310. The standard InChI is InChI=1S/C29H31N7O2S/c1-20(2)19-25-31-28(26-21(3)33-36(29(26)32-25)23-11-5-4-6-12-23)34-15-17-35(18-16-34)39(37,38)24-13-7-9-22-10-8-14-30-27(22)24/h4-14,20H,15-19H2,1-3H3. The maximum absolute atomic E-state index is 13.7. The number of benzene rings is 2. The van der Waals surface area contributed by atoms with E-state index in [2.05, 4.69) is 23.7 Å². The number of sulfonamides is 1. The van der Waals surface area contributed by atoms with Gasteiger partial charge in [-0.15, -0.1) is 0 Å². The topological polar surface area (TPSA) is 97.1 Å². The van der Waals surface area contributed by atoms with Crippen molar-refractivity contribution in [3.63, 3.8) is 0 Å². The Labute approximate surface area is 228 Å². The highest BCUT2D eigenvalue weighted by atomic mass is 32.2. The number of hydrogen-bond donors (Lipinski definition) is 0. The zero-order chi connectivity index (χ0) is 27.1. The summed E-state index contributed by atoms with van der Waals surface area (Å²) >= 11 is 0. The highest BCUT2D eigenvalue weighted by Crippen LogP contribution is 2.31. The van der Waals surface area contributed by atoms with E-state index >= 15 is 0 Å². The molecule has 3 aromatic heterocycles. The second-order valence-corrected chi connectivity index (χ2v) is 12.2. The minimum absolute atomic E-state index is 0.248. The Balaban J connectivity index is 1.35. The molecule has 9 nitrogen and oxygen atoms in total. The van der Waals surface area contributed by atoms with Crippen LogP contribution in [-0.4, -0.2) is 63.6 Å². The van der Waals surface area contributed by atoms with Crippen molar-refractivity contribution in [2.75, 3.05) is 31.1 Å². The van der Waals surface area contributed by atoms with Gasteiger partial charge in [0.2, 0.25) is 10.0 Å². The van der Waals surface area contributed by atoms with Crippen molar-refractivity contribution in [3.05, 3.63) is 78.4 Å². The number of aryl methyl sites for hydroxylation is 1. The monoisotopic (exact) mass is 541 g/mol. The smallest absolute Gasteiger partial charge is 0.245 e. The number of rotatable bonds is 6. The maximum atomic E-state index is 13.7. The molecule has 6 rings (SSSR count). The van der Waals surface area contributed by atoms with E-state index in [9.17, 15) is 8.42 Å². The van der Waals surface area contributed by atoms with Crippen LogP contribution in [0.1, 0.15) is 25.4 Å². The van der Waals surface area contributed by atoms with E-state index in [0.29, 0.717) is 37.6 Å². The highest BCUT2D eigenvalue weighted by Gasteiger charge is 2.32. The zero-order valence-corrected chi connectivity index (χ0v) is 23.1. The first-order chi connectivity index (χ1) is 18.8. The molecule has 39 heavy (non-hydrogen) atoms. The lowest BCUT2D eigenvalue weighted by Crippen LogP contribution is -2.49. The van der Waals surface area contributed by atoms with Gasteiger partial charge >= 0.3 is 0 Å². The summed E-state index contributed by atoms with van der Waals surface area (Å²) in [6.45, 7) is 8.01. The molecule has 0 amide bonds. The molecule has 2 aromatic carbocycles. The van der Waals surface area contributed by atoms with Crippen LogP contribution in [0.3, 0.4) is 0 Å². The number of nitrogens with zero attached hydrogens (tertiary/aromatic N) is 7. The van der Waals surface area contributed by atoms with Gasteiger partial charge < -0.3 is 4.90 Å². The third-order valence-electron chi connectivity index (χ3n) is 7.07. The van der Waals surface area contributed by atoms with E-state index in [1.807, 2.05) is 60.1 Å². The second kappa shape index (κ2) is 10.0. The molecule has 0 saturated carbocycles. The van der Waals surface area contributed by atoms with Crippen LogP contribution < -0.4 is 4.90 Å². The Morgan fingerprint density at radius 2 is 1.64 bits per heavy atom. The van der Waals surface area contributed by atoms with Crippen LogP contribution in [0.25, 0.3) is 27.6 Å². The molecule has 0 aliphatic carbocycles. The van der Waals surface area contributed by atoms with Crippen molar-refractivity contribution in [1.82, 2.24) is 29.0 Å². The number of fused-ring (bicyclic) bond motifs is 2. The van der Waals surface area contributed by atoms with Crippen molar-refractivity contribution in [3.8, 4) is 5.69 Å². The van der Waals surface area contributed by atoms with Crippen LogP contribution in [0, 0.1) is 12.8 Å². The van der Waals surface area contributed by atoms with Crippen LogP contribution >= 0.6 is 0 Å². The van der Waals surface area contributed by atoms with E-state index in [-0.39, 0.29) is 4.90 Å². The molecule has 1 saturated heterocycles. The summed E-state index contributed by atoms with van der Waals surface area (Å²) in [6.07, 6.45) is 2.37. The van der Waals surface area contributed by atoms with Crippen molar-refractivity contribution >= 4 is 37.8 Å². The van der Waals surface area contributed by atoms with Crippen molar-refractivity contribution in [2.45, 2.75) is 32.1 Å². The van der Waals surface area contributed by atoms with Gasteiger partial charge in [-0.3, -0.25) is 4.98 Å². The van der Waals surface area contributed by atoms with E-state index in [1.54, 1.807) is 22.6 Å². The van der Waals surface area contributed by atoms with Gasteiger partial charge in [0.05, 0.1) is 22.3 Å². The Kier molecular flexibility index (Phi) is 6.52. The fourth-order valence-electron chi connectivity index (χ4n) is 5.20. The molecule has 1 aliphatic rings. The summed E-state index contributed by atoms with van der Waals surface area (Å²) in [7, 11) is -3.71. The van der Waals surface area contributed by atoms with Crippen LogP contribution in [0.15, 0.2) is 71.8 Å². The van der Waals surface area contributed by atoms with Crippen LogP contribution in [-0.2, 0) is 16.4 Å². The van der Waals surface area contributed by atoms with Crippen LogP contribution in [0.2, 0.25) is 0 Å². The SMILES string of the molecule is Cc1nn(-c2ccccc2)c2nc(CC(C)C)nc(N3CCN(S(=O)(=O)c4cccc5cccnc45)CC3)c12. The lowest BCUT2D eigenvalue weighted by Gasteiger charge is -2.35. The van der Waals surface area contributed by atoms with Crippen molar-refractivity contribution in [2.24, 2.45) is 5.92 Å². The molecular weight excluding hydrogens is 510 g/mol. The molecule has 10 heteroatoms. The van der Waals surface area contributed by atoms with Gasteiger partial charge in [0.25, 0.3) is 0 Å². The summed E-state index contributed by atoms with van der Waals surface area (Å²) in [6, 6.07) is 19.0. The minimum atomic E-state index is -3.71. The number of aromatic nitrogens is 5. The number of hydrogen-bond acceptors (Lipinski definition) is 7. The molecule has 5 aromatic rings. The van der Waals surface area contributed by atoms with Gasteiger partial charge in [-0.05, 0) is 37.1 Å². The first kappa shape index (κ1) is 25.4. The van der Waals surface area contributed by atoms with Gasteiger partial charge in [-0.25, -0.2) is 23.1 Å². The Morgan fingerprint density at radius 1 is 0.897 bits per heavy atom. The number of piperazine rings is 1. The Hall–Kier alpha value is -3.89. The quantitative estimate of drug-likeness (QED) is 0.315. The third kappa shape index (κ3) is 4.63. The summed E-state index contributed by atoms with van der Waals surface area (Å²) in [5.74, 6) is 1.97. The van der Waals surface area contributed by atoms with Gasteiger partial charge in [-0.1, -0.05) is 50.2 Å². The Morgan fingerprint density at radius 3 is 2.38 bits per heavy atom. The summed E-state index contributed by atoms with van der Waals surface area (Å²) in [5.41, 5.74) is 3.06. The van der Waals surface area contributed by atoms with Gasteiger partial charge in [0, 0.05) is 44.2 Å². The molecule has 0 N–H and O–H groups in total. The summed E-state index contributed by atoms with van der Waals surface area (Å²) in [5, 5.41) is 6.55. The summed E-state index contributed by atoms with van der Waals surface area (Å²) in [4.78, 5) is 16.7. The fourth-order valence-corrected chi connectivity index (χ4v) is 6.79. The molecule has 0 unspecified atom stereocenters. The summed E-state index contributed by atoms with van der Waals surface area (Å²) < 4.78 is 30.8. The lowest BCUT2D eigenvalue weighted by atomic mass is 10.1. The predicted molar refractivity (Wildman–Crippen MR) is 153 cm³/mol. The van der Waals surface area contributed by atoms with Gasteiger partial charge in [-0.2, -0.15) is 9.40 Å². The predicted octanol–water partition coefficient (Wildman–Crippen LogP) is 4.38. The average molecular weight is 542 g/mol. The first-order valence-corrected chi connectivity index (χ1v) is 14.7. The molecule has 0 atom stereocenters. The molecule has 1 aliphatic heterocycles. The number of para-hydroxylation sites is 2. The molecule has 0 spiro atoms. The molecule has 4 heterocycles. The molecule has 0 radical (unpaired) electrons. The largest absolute Gasteiger partial charge is 0.353 e. The lowest BCUT2D eigenvalue weighted by molar-refractivity contribution is 0.384. The van der Waals surface area contributed by atoms with E-state index < -0.39 is 10.0 Å². The van der Waals surface area contributed by atoms with E-state index in [1.165, 1.54) is 0 Å². The number of anilines is 1. The van der Waals surface area contributed by atoms with Crippen molar-refractivity contribution < 1.29 is 8.42 Å². The molecule has 1 fully saturated rings. The molecular formula is C29H31N7O2S. The highest BCUT2D eigenvalue weighted by molar-refractivity contribution is 7.89. The second-order valence-electron chi connectivity index (χ2n) is 10.3. The molecule has 0 bridgehead atoms. The van der Waals surface area contributed by atoms with Gasteiger partial charge in [0.1, 0.15) is 16.5 Å². The third-order valence-corrected chi connectivity index (χ3v) is 9.00. The molecule has 200 valence electrons. The van der Waals surface area contributed by atoms with Crippen LogP contribution in [0.4, 0.5) is 5.82 Å². The maximum Gasteiger partial charge on any atom is 0.245 e. The number of pyridine rings is 1. The zero-order valence-electron chi connectivity index (χ0n) is 22.3. The van der Waals surface area contributed by atoms with E-state index in [4.69, 9.17) is 15.1 Å². The average Bonchev–Trinajstić information content (AvgIpc) is 3.28.